The zero-order valence-corrected chi connectivity index (χ0v) is 9.70. The number of para-hydroxylation sites is 1. The molecule has 0 bridgehead atoms. The second kappa shape index (κ2) is 5.58. The predicted molar refractivity (Wildman–Crippen MR) is 68.1 cm³/mol. The Bertz CT molecular complexity index is 601. The van der Waals surface area contributed by atoms with Crippen LogP contribution >= 0.6 is 0 Å². The summed E-state index contributed by atoms with van der Waals surface area (Å²) in [6.07, 6.45) is 4.28. The molecule has 19 heavy (non-hydrogen) atoms. The fourth-order valence-corrected chi connectivity index (χ4v) is 1.41. The molecule has 0 atom stereocenters. The van der Waals surface area contributed by atoms with E-state index in [9.17, 15) is 9.59 Å². The zero-order valence-electron chi connectivity index (χ0n) is 9.70. The fraction of sp³-hybridized carbons (Fsp3) is 0. The van der Waals surface area contributed by atoms with Gasteiger partial charge in [-0.3, -0.25) is 10.3 Å². The average Bonchev–Trinajstić information content (AvgIpc) is 2.40. The van der Waals surface area contributed by atoms with Gasteiger partial charge in [0.25, 0.3) is 0 Å². The highest BCUT2D eigenvalue weighted by molar-refractivity contribution is 6.04. The topological polar surface area (TPSA) is 104 Å². The van der Waals surface area contributed by atoms with E-state index in [1.165, 1.54) is 30.7 Å². The lowest BCUT2D eigenvalue weighted by Crippen LogP contribution is -2.21. The third kappa shape index (κ3) is 3.25. The van der Waals surface area contributed by atoms with E-state index in [2.05, 4.69) is 20.6 Å². The molecule has 3 N–H and O–H groups in total. The number of carboxylic acid groups (broad SMARTS) is 1. The number of rotatable bonds is 3. The molecule has 2 rings (SSSR count). The van der Waals surface area contributed by atoms with Gasteiger partial charge in [-0.25, -0.2) is 14.6 Å². The van der Waals surface area contributed by atoms with Crippen molar-refractivity contribution in [3.8, 4) is 0 Å². The Balaban J connectivity index is 2.09. The van der Waals surface area contributed by atoms with E-state index in [0.29, 0.717) is 0 Å². The minimum atomic E-state index is -1.12. The van der Waals surface area contributed by atoms with Crippen LogP contribution in [0.15, 0.2) is 42.9 Å². The Labute approximate surface area is 108 Å². The second-order valence-electron chi connectivity index (χ2n) is 3.52. The van der Waals surface area contributed by atoms with Crippen LogP contribution in [0.25, 0.3) is 0 Å². The van der Waals surface area contributed by atoms with E-state index in [4.69, 9.17) is 5.11 Å². The van der Waals surface area contributed by atoms with Gasteiger partial charge in [0.1, 0.15) is 0 Å². The molecule has 0 unspecified atom stereocenters. The Morgan fingerprint density at radius 1 is 1.11 bits per heavy atom. The summed E-state index contributed by atoms with van der Waals surface area (Å²) in [7, 11) is 0. The summed E-state index contributed by atoms with van der Waals surface area (Å²) in [6, 6.07) is 5.52. The number of hydrogen-bond donors (Lipinski definition) is 3. The van der Waals surface area contributed by atoms with Crippen LogP contribution in [0.2, 0.25) is 0 Å². The van der Waals surface area contributed by atoms with Crippen LogP contribution in [0.1, 0.15) is 10.4 Å². The van der Waals surface area contributed by atoms with Gasteiger partial charge in [-0.1, -0.05) is 12.1 Å². The van der Waals surface area contributed by atoms with Crippen molar-refractivity contribution >= 4 is 23.5 Å². The molecule has 0 saturated carbocycles. The van der Waals surface area contributed by atoms with Gasteiger partial charge in [0, 0.05) is 12.4 Å². The Hall–Kier alpha value is -2.96. The maximum atomic E-state index is 11.7. The summed E-state index contributed by atoms with van der Waals surface area (Å²) in [5, 5.41) is 13.9. The molecular formula is C12H10N4O3. The van der Waals surface area contributed by atoms with Crippen LogP contribution < -0.4 is 10.6 Å². The molecule has 7 nitrogen and oxygen atoms in total. The Morgan fingerprint density at radius 2 is 1.89 bits per heavy atom. The van der Waals surface area contributed by atoms with E-state index < -0.39 is 12.0 Å². The predicted octanol–water partition coefficient (Wildman–Crippen LogP) is 1.82. The van der Waals surface area contributed by atoms with Gasteiger partial charge in [0.15, 0.2) is 5.82 Å². The third-order valence-electron chi connectivity index (χ3n) is 2.21. The maximum absolute atomic E-state index is 11.7. The quantitative estimate of drug-likeness (QED) is 0.778. The smallest absolute Gasteiger partial charge is 0.337 e. The van der Waals surface area contributed by atoms with E-state index in [-0.39, 0.29) is 17.1 Å². The molecule has 0 aliphatic rings. The van der Waals surface area contributed by atoms with E-state index in [0.717, 1.165) is 0 Å². The molecule has 1 aromatic heterocycles. The van der Waals surface area contributed by atoms with E-state index in [1.54, 1.807) is 12.1 Å². The number of aromatic carboxylic acids is 1. The van der Waals surface area contributed by atoms with Gasteiger partial charge < -0.3 is 10.4 Å². The first-order valence-corrected chi connectivity index (χ1v) is 5.33. The summed E-state index contributed by atoms with van der Waals surface area (Å²) in [4.78, 5) is 30.3. The Morgan fingerprint density at radius 3 is 2.58 bits per heavy atom. The fourth-order valence-electron chi connectivity index (χ4n) is 1.41. The highest BCUT2D eigenvalue weighted by Gasteiger charge is 2.11. The number of carbonyl (C=O) groups is 2. The molecule has 0 saturated heterocycles. The molecular weight excluding hydrogens is 248 g/mol. The molecule has 96 valence electrons. The SMILES string of the molecule is O=C(Nc1cnccn1)Nc1ccccc1C(=O)O. The standard InChI is InChI=1S/C12H10N4O3/c17-11(18)8-3-1-2-4-9(8)15-12(19)16-10-7-13-5-6-14-10/h1-7H,(H,17,18)(H2,14,15,16,19). The number of nitrogens with zero attached hydrogens (tertiary/aromatic N) is 2. The average molecular weight is 258 g/mol. The van der Waals surface area contributed by atoms with Crippen LogP contribution in [0, 0.1) is 0 Å². The van der Waals surface area contributed by atoms with Gasteiger partial charge in [-0.05, 0) is 12.1 Å². The molecule has 0 aliphatic heterocycles. The largest absolute Gasteiger partial charge is 0.478 e. The summed E-state index contributed by atoms with van der Waals surface area (Å²) < 4.78 is 0. The van der Waals surface area contributed by atoms with Crippen molar-refractivity contribution in [3.63, 3.8) is 0 Å². The normalized spacial score (nSPS) is 9.68. The van der Waals surface area contributed by atoms with Crippen molar-refractivity contribution in [1.29, 1.82) is 0 Å². The van der Waals surface area contributed by atoms with Crippen LogP contribution in [-0.2, 0) is 0 Å². The molecule has 7 heteroatoms. The van der Waals surface area contributed by atoms with Crippen molar-refractivity contribution in [1.82, 2.24) is 9.97 Å². The highest BCUT2D eigenvalue weighted by atomic mass is 16.4. The monoisotopic (exact) mass is 258 g/mol. The number of carbonyl (C=O) groups excluding carboxylic acids is 1. The van der Waals surface area contributed by atoms with Crippen molar-refractivity contribution in [2.75, 3.05) is 10.6 Å². The van der Waals surface area contributed by atoms with Crippen LogP contribution in [0.5, 0.6) is 0 Å². The minimum Gasteiger partial charge on any atom is -0.478 e. The molecule has 0 spiro atoms. The summed E-state index contributed by atoms with van der Waals surface area (Å²) in [5.74, 6) is -0.844. The van der Waals surface area contributed by atoms with Crippen molar-refractivity contribution in [2.24, 2.45) is 0 Å². The summed E-state index contributed by atoms with van der Waals surface area (Å²) >= 11 is 0. The van der Waals surface area contributed by atoms with Gasteiger partial charge in [0.2, 0.25) is 0 Å². The van der Waals surface area contributed by atoms with Crippen LogP contribution in [0.4, 0.5) is 16.3 Å². The minimum absolute atomic E-state index is 0.0109. The van der Waals surface area contributed by atoms with Gasteiger partial charge >= 0.3 is 12.0 Å². The molecule has 0 radical (unpaired) electrons. The first-order chi connectivity index (χ1) is 9.16. The number of benzene rings is 1. The molecule has 0 fully saturated rings. The second-order valence-corrected chi connectivity index (χ2v) is 3.52. The molecule has 1 heterocycles. The van der Waals surface area contributed by atoms with Crippen molar-refractivity contribution in [3.05, 3.63) is 48.4 Å². The van der Waals surface area contributed by atoms with Crippen molar-refractivity contribution < 1.29 is 14.7 Å². The lowest BCUT2D eigenvalue weighted by Gasteiger charge is -2.08. The number of hydrogen-bond acceptors (Lipinski definition) is 4. The highest BCUT2D eigenvalue weighted by Crippen LogP contribution is 2.15. The first-order valence-electron chi connectivity index (χ1n) is 5.33. The third-order valence-corrected chi connectivity index (χ3v) is 2.21. The number of urea groups is 1. The number of anilines is 2. The molecule has 1 aromatic carbocycles. The van der Waals surface area contributed by atoms with Crippen molar-refractivity contribution in [2.45, 2.75) is 0 Å². The number of aromatic nitrogens is 2. The first kappa shape index (κ1) is 12.5. The number of nitrogens with one attached hydrogen (secondary N) is 2. The van der Waals surface area contributed by atoms with Crippen LogP contribution in [0.3, 0.4) is 0 Å². The maximum Gasteiger partial charge on any atom is 0.337 e. The Kier molecular flexibility index (Phi) is 3.67. The lowest BCUT2D eigenvalue weighted by molar-refractivity contribution is 0.0698. The van der Waals surface area contributed by atoms with Gasteiger partial charge in [-0.15, -0.1) is 0 Å². The lowest BCUT2D eigenvalue weighted by atomic mass is 10.2. The van der Waals surface area contributed by atoms with E-state index in [1.807, 2.05) is 0 Å². The number of carboxylic acids is 1. The van der Waals surface area contributed by atoms with Gasteiger partial charge in [-0.2, -0.15) is 0 Å². The van der Waals surface area contributed by atoms with Gasteiger partial charge in [0.05, 0.1) is 17.4 Å². The molecule has 0 aliphatic carbocycles. The summed E-state index contributed by atoms with van der Waals surface area (Å²) in [5.41, 5.74) is 0.216. The molecule has 2 aromatic rings. The summed E-state index contributed by atoms with van der Waals surface area (Å²) in [6.45, 7) is 0. The molecule has 2 amide bonds. The van der Waals surface area contributed by atoms with Crippen LogP contribution in [-0.4, -0.2) is 27.1 Å². The zero-order chi connectivity index (χ0) is 13.7. The van der Waals surface area contributed by atoms with E-state index >= 15 is 0 Å². The number of amides is 2.